The Bertz CT molecular complexity index is 596. The smallest absolute Gasteiger partial charge is 0.258 e. The summed E-state index contributed by atoms with van der Waals surface area (Å²) in [4.78, 5) is 10.1. The lowest BCUT2D eigenvalue weighted by Gasteiger charge is -2.06. The molecule has 0 aliphatic rings. The molecule has 0 heterocycles. The van der Waals surface area contributed by atoms with Crippen molar-refractivity contribution >= 4 is 5.69 Å². The van der Waals surface area contributed by atoms with Crippen LogP contribution in [0.4, 0.5) is 10.1 Å². The van der Waals surface area contributed by atoms with Gasteiger partial charge in [-0.15, -0.1) is 0 Å². The summed E-state index contributed by atoms with van der Waals surface area (Å²) < 4.78 is 14.1. The summed E-state index contributed by atoms with van der Waals surface area (Å²) in [5.74, 6) is -0.319. The van der Waals surface area contributed by atoms with Gasteiger partial charge in [-0.25, -0.2) is 4.39 Å². The summed E-state index contributed by atoms with van der Waals surface area (Å²) in [7, 11) is 0. The highest BCUT2D eigenvalue weighted by Gasteiger charge is 2.12. The van der Waals surface area contributed by atoms with Gasteiger partial charge in [0.05, 0.1) is 11.0 Å². The zero-order valence-electron chi connectivity index (χ0n) is 9.81. The second-order valence-electron chi connectivity index (χ2n) is 3.85. The van der Waals surface area contributed by atoms with Gasteiger partial charge >= 0.3 is 0 Å². The van der Waals surface area contributed by atoms with E-state index in [1.807, 2.05) is 6.92 Å². The number of hydrogen-bond donors (Lipinski definition) is 0. The maximum atomic E-state index is 14.1. The van der Waals surface area contributed by atoms with Crippen molar-refractivity contribution in [2.75, 3.05) is 0 Å². The van der Waals surface area contributed by atoms with Crippen molar-refractivity contribution in [1.82, 2.24) is 0 Å². The van der Waals surface area contributed by atoms with E-state index in [9.17, 15) is 14.5 Å². The quantitative estimate of drug-likeness (QED) is 0.609. The number of nitro benzene ring substituents is 1. The molecule has 0 atom stereocenters. The van der Waals surface area contributed by atoms with E-state index in [4.69, 9.17) is 0 Å². The van der Waals surface area contributed by atoms with E-state index in [0.717, 1.165) is 0 Å². The molecule has 1 radical (unpaired) electrons. The fraction of sp³-hybridized carbons (Fsp3) is 0.143. The molecule has 2 rings (SSSR count). The van der Waals surface area contributed by atoms with E-state index in [1.165, 1.54) is 12.1 Å². The van der Waals surface area contributed by atoms with E-state index >= 15 is 0 Å². The van der Waals surface area contributed by atoms with Crippen LogP contribution in [-0.2, 0) is 6.42 Å². The van der Waals surface area contributed by atoms with Crippen molar-refractivity contribution in [2.45, 2.75) is 13.3 Å². The lowest BCUT2D eigenvalue weighted by atomic mass is 10.0. The molecule has 0 aliphatic carbocycles. The zero-order valence-corrected chi connectivity index (χ0v) is 9.81. The van der Waals surface area contributed by atoms with E-state index in [2.05, 4.69) is 6.07 Å². The summed E-state index contributed by atoms with van der Waals surface area (Å²) in [6.45, 7) is 1.86. The normalized spacial score (nSPS) is 10.3. The number of halogens is 1. The maximum Gasteiger partial charge on any atom is 0.278 e. The Morgan fingerprint density at radius 1 is 1.39 bits per heavy atom. The zero-order chi connectivity index (χ0) is 13.1. The van der Waals surface area contributed by atoms with Gasteiger partial charge in [0.1, 0.15) is 5.82 Å². The van der Waals surface area contributed by atoms with Crippen LogP contribution in [-0.4, -0.2) is 4.92 Å². The Labute approximate surface area is 104 Å². The van der Waals surface area contributed by atoms with Crippen molar-refractivity contribution in [3.05, 3.63) is 64.0 Å². The third kappa shape index (κ3) is 2.22. The monoisotopic (exact) mass is 244 g/mol. The predicted molar refractivity (Wildman–Crippen MR) is 66.7 cm³/mol. The molecule has 91 valence electrons. The molecule has 0 N–H and O–H groups in total. The predicted octanol–water partition coefficient (Wildman–Crippen LogP) is 3.76. The maximum absolute atomic E-state index is 14.1. The third-order valence-corrected chi connectivity index (χ3v) is 2.75. The van der Waals surface area contributed by atoms with E-state index in [1.54, 1.807) is 24.3 Å². The molecule has 2 aromatic rings. The van der Waals surface area contributed by atoms with Crippen LogP contribution in [0.15, 0.2) is 36.4 Å². The first kappa shape index (κ1) is 12.2. The summed E-state index contributed by atoms with van der Waals surface area (Å²) >= 11 is 0. The number of rotatable bonds is 3. The molecule has 0 fully saturated rings. The molecule has 0 bridgehead atoms. The number of nitrogens with zero attached hydrogens (tertiary/aromatic N) is 1. The van der Waals surface area contributed by atoms with E-state index in [-0.39, 0.29) is 11.5 Å². The van der Waals surface area contributed by atoms with Crippen molar-refractivity contribution in [1.29, 1.82) is 0 Å². The van der Waals surface area contributed by atoms with Gasteiger partial charge in [0.25, 0.3) is 5.69 Å². The van der Waals surface area contributed by atoms with Gasteiger partial charge in [0, 0.05) is 11.6 Å². The molecular weight excluding hydrogens is 233 g/mol. The molecule has 2 aromatic carbocycles. The second-order valence-corrected chi connectivity index (χ2v) is 3.85. The number of aryl methyl sites for hydroxylation is 1. The van der Waals surface area contributed by atoms with Gasteiger partial charge in [0.2, 0.25) is 0 Å². The molecule has 0 amide bonds. The summed E-state index contributed by atoms with van der Waals surface area (Å²) in [6.07, 6.45) is 0.584. The van der Waals surface area contributed by atoms with Crippen LogP contribution in [0, 0.1) is 22.0 Å². The van der Waals surface area contributed by atoms with Crippen molar-refractivity contribution in [3.8, 4) is 11.1 Å². The Kier molecular flexibility index (Phi) is 3.37. The molecule has 4 heteroatoms. The first-order chi connectivity index (χ1) is 8.63. The topological polar surface area (TPSA) is 43.1 Å². The average Bonchev–Trinajstić information content (AvgIpc) is 2.39. The van der Waals surface area contributed by atoms with E-state index in [0.29, 0.717) is 23.1 Å². The lowest BCUT2D eigenvalue weighted by Crippen LogP contribution is -1.93. The van der Waals surface area contributed by atoms with Crippen LogP contribution >= 0.6 is 0 Å². The minimum absolute atomic E-state index is 0.159. The van der Waals surface area contributed by atoms with Crippen LogP contribution in [0.3, 0.4) is 0 Å². The number of hydrogen-bond acceptors (Lipinski definition) is 2. The molecule has 0 unspecified atom stereocenters. The number of nitro groups is 1. The van der Waals surface area contributed by atoms with E-state index < -0.39 is 4.92 Å². The standard InChI is InChI=1S/C14H11FNO2/c1-2-10-5-4-8-13(14(10)15)11-6-3-7-12(9-11)16(17)18/h3-6,8-9H,2H2,1H3. The van der Waals surface area contributed by atoms with Gasteiger partial charge in [-0.05, 0) is 23.6 Å². The van der Waals surface area contributed by atoms with Crippen LogP contribution < -0.4 is 0 Å². The van der Waals surface area contributed by atoms with Gasteiger partial charge < -0.3 is 0 Å². The molecule has 0 aliphatic heterocycles. The number of non-ortho nitro benzene ring substituents is 1. The average molecular weight is 244 g/mol. The fourth-order valence-corrected chi connectivity index (χ4v) is 1.80. The Morgan fingerprint density at radius 2 is 2.17 bits per heavy atom. The molecular formula is C14H11FNO2. The summed E-state index contributed by atoms with van der Waals surface area (Å²) in [5.41, 5.74) is 1.32. The third-order valence-electron chi connectivity index (χ3n) is 2.75. The number of benzene rings is 2. The molecule has 18 heavy (non-hydrogen) atoms. The van der Waals surface area contributed by atoms with Crippen LogP contribution in [0.5, 0.6) is 0 Å². The Hall–Kier alpha value is -2.23. The van der Waals surface area contributed by atoms with Gasteiger partial charge in [-0.3, -0.25) is 10.1 Å². The van der Waals surface area contributed by atoms with Crippen LogP contribution in [0.2, 0.25) is 0 Å². The summed E-state index contributed by atoms with van der Waals surface area (Å²) in [6, 6.07) is 12.0. The molecule has 3 nitrogen and oxygen atoms in total. The van der Waals surface area contributed by atoms with Crippen molar-refractivity contribution in [2.24, 2.45) is 0 Å². The molecule has 0 saturated heterocycles. The van der Waals surface area contributed by atoms with Gasteiger partial charge in [0.15, 0.2) is 0 Å². The highest BCUT2D eigenvalue weighted by atomic mass is 19.1. The SMILES string of the molecule is CCc1cccc(-c2cc[c]c([N+](=O)[O-])c2)c1F. The Morgan fingerprint density at radius 3 is 2.83 bits per heavy atom. The van der Waals surface area contributed by atoms with Crippen LogP contribution in [0.25, 0.3) is 11.1 Å². The van der Waals surface area contributed by atoms with Crippen molar-refractivity contribution in [3.63, 3.8) is 0 Å². The first-order valence-electron chi connectivity index (χ1n) is 5.57. The van der Waals surface area contributed by atoms with Crippen molar-refractivity contribution < 1.29 is 9.31 Å². The lowest BCUT2D eigenvalue weighted by molar-refractivity contribution is -0.385. The molecule has 0 saturated carbocycles. The van der Waals surface area contributed by atoms with Gasteiger partial charge in [-0.2, -0.15) is 0 Å². The second kappa shape index (κ2) is 4.96. The fourth-order valence-electron chi connectivity index (χ4n) is 1.80. The summed E-state index contributed by atoms with van der Waals surface area (Å²) in [5, 5.41) is 10.7. The minimum atomic E-state index is -0.537. The molecule has 0 spiro atoms. The largest absolute Gasteiger partial charge is 0.278 e. The first-order valence-corrected chi connectivity index (χ1v) is 5.57. The Balaban J connectivity index is 2.55. The highest BCUT2D eigenvalue weighted by Crippen LogP contribution is 2.27. The highest BCUT2D eigenvalue weighted by molar-refractivity contribution is 5.67. The van der Waals surface area contributed by atoms with Crippen LogP contribution in [0.1, 0.15) is 12.5 Å². The van der Waals surface area contributed by atoms with Gasteiger partial charge in [-0.1, -0.05) is 31.2 Å². The minimum Gasteiger partial charge on any atom is -0.258 e. The molecule has 0 aromatic heterocycles.